The highest BCUT2D eigenvalue weighted by Crippen LogP contribution is 2.41. The predicted octanol–water partition coefficient (Wildman–Crippen LogP) is 5.85. The van der Waals surface area contributed by atoms with Crippen molar-refractivity contribution in [1.29, 1.82) is 0 Å². The topological polar surface area (TPSA) is 96.7 Å². The van der Waals surface area contributed by atoms with Crippen LogP contribution < -0.4 is 20.1 Å². The van der Waals surface area contributed by atoms with E-state index in [0.29, 0.717) is 70.2 Å². The summed E-state index contributed by atoms with van der Waals surface area (Å²) in [6.45, 7) is 5.42. The number of methoxy groups -OCH3 is 1. The third-order valence-electron chi connectivity index (χ3n) is 8.71. The molecule has 2 aliphatic heterocycles. The molecule has 1 unspecified atom stereocenters. The third-order valence-corrected chi connectivity index (χ3v) is 9.03. The highest BCUT2D eigenvalue weighted by molar-refractivity contribution is 6.35. The summed E-state index contributed by atoms with van der Waals surface area (Å²) in [4.78, 5) is 48.9. The summed E-state index contributed by atoms with van der Waals surface area (Å²) in [7, 11) is 3.44. The van der Waals surface area contributed by atoms with Crippen molar-refractivity contribution in [3.63, 3.8) is 0 Å². The Labute approximate surface area is 271 Å². The number of nitrogens with zero attached hydrogens (tertiary/aromatic N) is 7. The van der Waals surface area contributed by atoms with Crippen LogP contribution in [0.15, 0.2) is 71.5 Å². The number of benzene rings is 3. The van der Waals surface area contributed by atoms with E-state index in [0.717, 1.165) is 29.7 Å². The van der Waals surface area contributed by atoms with Crippen molar-refractivity contribution in [2.45, 2.75) is 39.3 Å². The molecular weight excluding hydrogens is 602 g/mol. The number of halogens is 1. The van der Waals surface area contributed by atoms with Crippen molar-refractivity contribution in [2.24, 2.45) is 0 Å². The summed E-state index contributed by atoms with van der Waals surface area (Å²) < 4.78 is 7.01. The number of amides is 1. The largest absolute Gasteiger partial charge is 0.497 e. The molecular formula is C35H34ClN7O3. The lowest BCUT2D eigenvalue weighted by Gasteiger charge is -2.38. The Morgan fingerprint density at radius 3 is 2.48 bits per heavy atom. The van der Waals surface area contributed by atoms with Crippen LogP contribution in [-0.4, -0.2) is 57.7 Å². The fourth-order valence-electron chi connectivity index (χ4n) is 6.56. The van der Waals surface area contributed by atoms with Crippen LogP contribution in [-0.2, 0) is 6.54 Å². The maximum atomic E-state index is 14.2. The Bertz CT molecular complexity index is 2050. The third kappa shape index (κ3) is 5.12. The number of carbonyl (C=O) groups is 1. The molecule has 2 aliphatic rings. The lowest BCUT2D eigenvalue weighted by atomic mass is 10.1. The lowest BCUT2D eigenvalue weighted by Crippen LogP contribution is -2.46. The molecule has 5 aromatic rings. The molecule has 0 spiro atoms. The zero-order valence-electron chi connectivity index (χ0n) is 26.2. The van der Waals surface area contributed by atoms with Gasteiger partial charge in [0.15, 0.2) is 0 Å². The Hall–Kier alpha value is -4.96. The van der Waals surface area contributed by atoms with Crippen LogP contribution in [0.4, 0.5) is 11.6 Å². The molecule has 46 heavy (non-hydrogen) atoms. The van der Waals surface area contributed by atoms with E-state index in [1.165, 1.54) is 0 Å². The van der Waals surface area contributed by atoms with Crippen LogP contribution >= 0.6 is 11.6 Å². The van der Waals surface area contributed by atoms with Crippen molar-refractivity contribution in [3.05, 3.63) is 110 Å². The van der Waals surface area contributed by atoms with Gasteiger partial charge in [0.25, 0.3) is 11.5 Å². The summed E-state index contributed by atoms with van der Waals surface area (Å²) in [5.74, 6) is 2.93. The molecule has 0 radical (unpaired) electrons. The molecule has 11 heteroatoms. The number of rotatable bonds is 6. The van der Waals surface area contributed by atoms with Gasteiger partial charge in [-0.2, -0.15) is 0 Å². The number of aryl methyl sites for hydroxylation is 2. The van der Waals surface area contributed by atoms with Crippen molar-refractivity contribution < 1.29 is 9.53 Å². The molecule has 1 atom stereocenters. The zero-order chi connectivity index (χ0) is 32.1. The maximum Gasteiger partial charge on any atom is 0.267 e. The fourth-order valence-corrected chi connectivity index (χ4v) is 6.81. The van der Waals surface area contributed by atoms with E-state index >= 15 is 0 Å². The number of fused-ring (bicyclic) bond motifs is 2. The van der Waals surface area contributed by atoms with Gasteiger partial charge in [-0.25, -0.2) is 15.0 Å². The van der Waals surface area contributed by atoms with E-state index in [1.807, 2.05) is 68.4 Å². The van der Waals surface area contributed by atoms with Crippen molar-refractivity contribution in [2.75, 3.05) is 37.2 Å². The van der Waals surface area contributed by atoms with Gasteiger partial charge >= 0.3 is 0 Å². The molecule has 234 valence electrons. The minimum atomic E-state index is -0.329. The van der Waals surface area contributed by atoms with E-state index in [4.69, 9.17) is 31.3 Å². The van der Waals surface area contributed by atoms with E-state index in [1.54, 1.807) is 35.8 Å². The summed E-state index contributed by atoms with van der Waals surface area (Å²) in [5.41, 5.74) is 3.55. The van der Waals surface area contributed by atoms with Gasteiger partial charge < -0.3 is 19.4 Å². The zero-order valence-corrected chi connectivity index (χ0v) is 27.0. The number of aromatic nitrogens is 4. The molecule has 0 N–H and O–H groups in total. The number of hydrogen-bond acceptors (Lipinski definition) is 8. The molecule has 1 saturated heterocycles. The van der Waals surface area contributed by atoms with Gasteiger partial charge in [-0.3, -0.25) is 14.2 Å². The first kappa shape index (κ1) is 29.7. The van der Waals surface area contributed by atoms with Gasteiger partial charge in [-0.1, -0.05) is 41.9 Å². The van der Waals surface area contributed by atoms with Crippen LogP contribution in [0, 0.1) is 13.8 Å². The fraction of sp³-hybridized carbons (Fsp3) is 0.286. The van der Waals surface area contributed by atoms with Gasteiger partial charge in [0.1, 0.15) is 34.6 Å². The van der Waals surface area contributed by atoms with Crippen molar-refractivity contribution >= 4 is 40.0 Å². The van der Waals surface area contributed by atoms with Crippen LogP contribution in [0.25, 0.3) is 16.6 Å². The van der Waals surface area contributed by atoms with E-state index in [2.05, 4.69) is 9.80 Å². The first-order chi connectivity index (χ1) is 22.2. The summed E-state index contributed by atoms with van der Waals surface area (Å²) >= 11 is 6.57. The Morgan fingerprint density at radius 1 is 0.957 bits per heavy atom. The van der Waals surface area contributed by atoms with E-state index < -0.39 is 0 Å². The summed E-state index contributed by atoms with van der Waals surface area (Å²) in [6.07, 6.45) is 1.56. The monoisotopic (exact) mass is 635 g/mol. The molecule has 2 aromatic heterocycles. The van der Waals surface area contributed by atoms with Gasteiger partial charge in [-0.15, -0.1) is 0 Å². The highest BCUT2D eigenvalue weighted by Gasteiger charge is 2.39. The Morgan fingerprint density at radius 2 is 1.72 bits per heavy atom. The number of anilines is 2. The molecule has 1 fully saturated rings. The van der Waals surface area contributed by atoms with Gasteiger partial charge in [-0.05, 0) is 74.2 Å². The maximum absolute atomic E-state index is 14.2. The average molecular weight is 636 g/mol. The predicted molar refractivity (Wildman–Crippen MR) is 179 cm³/mol. The van der Waals surface area contributed by atoms with Crippen LogP contribution in [0.2, 0.25) is 5.02 Å². The van der Waals surface area contributed by atoms with Crippen molar-refractivity contribution in [1.82, 2.24) is 24.4 Å². The number of carbonyl (C=O) groups excluding carboxylic acids is 1. The average Bonchev–Trinajstić information content (AvgIpc) is 3.53. The second-order valence-electron chi connectivity index (χ2n) is 11.9. The normalized spacial score (nSPS) is 16.3. The quantitative estimate of drug-likeness (QED) is 0.229. The second-order valence-corrected chi connectivity index (χ2v) is 12.3. The SMILES string of the molecule is COc1ccc(CN2CN(C)C(=O)c3c2nc(C)nc3N2CCCC2c2nc3cccc(Cl)c3c(=O)n2-c2cccc(C)c2)cc1. The van der Waals surface area contributed by atoms with Gasteiger partial charge in [0.05, 0.1) is 41.4 Å². The summed E-state index contributed by atoms with van der Waals surface area (Å²) in [6, 6.07) is 20.7. The Kier molecular flexibility index (Phi) is 7.60. The second kappa shape index (κ2) is 11.8. The molecule has 10 nitrogen and oxygen atoms in total. The molecule has 7 rings (SSSR count). The lowest BCUT2D eigenvalue weighted by molar-refractivity contribution is 0.0780. The van der Waals surface area contributed by atoms with Crippen molar-refractivity contribution in [3.8, 4) is 11.4 Å². The highest BCUT2D eigenvalue weighted by atomic mass is 35.5. The molecule has 4 heterocycles. The minimum absolute atomic E-state index is 0.143. The standard InChI is InChI=1S/C35H34ClN7O3/c1-21-8-5-9-24(18-21)43-31(39-27-11-6-10-26(36)29(27)35(43)45)28-12-7-17-42(28)33-30-32(37-22(2)38-33)41(20-40(3)34(30)44)19-23-13-15-25(46-4)16-14-23/h5-6,8-11,13-16,18,28H,7,12,17,19-20H2,1-4H3. The van der Waals surface area contributed by atoms with Crippen LogP contribution in [0.1, 0.15) is 52.0 Å². The number of ether oxygens (including phenoxy) is 1. The number of hydrogen-bond donors (Lipinski definition) is 0. The smallest absolute Gasteiger partial charge is 0.267 e. The van der Waals surface area contributed by atoms with Crippen LogP contribution in [0.3, 0.4) is 0 Å². The first-order valence-corrected chi connectivity index (χ1v) is 15.7. The van der Waals surface area contributed by atoms with E-state index in [9.17, 15) is 9.59 Å². The van der Waals surface area contributed by atoms with Crippen LogP contribution in [0.5, 0.6) is 5.75 Å². The molecule has 0 aliphatic carbocycles. The molecule has 0 saturated carbocycles. The molecule has 1 amide bonds. The molecule has 3 aromatic carbocycles. The van der Waals surface area contributed by atoms with Gasteiger partial charge in [0, 0.05) is 20.1 Å². The Balaban J connectivity index is 1.38. The summed E-state index contributed by atoms with van der Waals surface area (Å²) in [5, 5.41) is 0.734. The molecule has 0 bridgehead atoms. The minimum Gasteiger partial charge on any atom is -0.497 e. The van der Waals surface area contributed by atoms with Gasteiger partial charge in [0.2, 0.25) is 0 Å². The first-order valence-electron chi connectivity index (χ1n) is 15.3. The van der Waals surface area contributed by atoms with E-state index in [-0.39, 0.29) is 17.5 Å².